The van der Waals surface area contributed by atoms with Crippen LogP contribution in [-0.4, -0.2) is 98.1 Å². The van der Waals surface area contributed by atoms with Crippen LogP contribution < -0.4 is 27.4 Å². The summed E-state index contributed by atoms with van der Waals surface area (Å²) in [4.78, 5) is 69.8. The summed E-state index contributed by atoms with van der Waals surface area (Å²) in [6.45, 7) is -0.753. The van der Waals surface area contributed by atoms with Crippen LogP contribution in [0.15, 0.2) is 17.0 Å². The fourth-order valence-electron chi connectivity index (χ4n) is 3.03. The Bertz CT molecular complexity index is 1080. The highest BCUT2D eigenvalue weighted by Crippen LogP contribution is 2.37. The second-order valence-corrected chi connectivity index (χ2v) is 9.25. The topological polar surface area (TPSA) is 292 Å². The Balaban J connectivity index is 3.07. The highest BCUT2D eigenvalue weighted by Gasteiger charge is 2.25. The lowest BCUT2D eigenvalue weighted by molar-refractivity contribution is -0.141. The first-order valence-corrected chi connectivity index (χ1v) is 12.4. The Labute approximate surface area is 226 Å². The number of aromatic hydroxyl groups is 2. The van der Waals surface area contributed by atoms with E-state index < -0.39 is 71.8 Å². The third-order valence-corrected chi connectivity index (χ3v) is 6.15. The Morgan fingerprint density at radius 1 is 0.897 bits per heavy atom. The van der Waals surface area contributed by atoms with Gasteiger partial charge in [0.05, 0.1) is 4.90 Å². The zero-order valence-corrected chi connectivity index (χ0v) is 21.4. The number of phenolic OH excluding ortho intramolecular Hbond substituents is 2. The second kappa shape index (κ2) is 16.0. The molecule has 0 aromatic heterocycles. The van der Waals surface area contributed by atoms with Gasteiger partial charge in [-0.2, -0.15) is 0 Å². The summed E-state index contributed by atoms with van der Waals surface area (Å²) < 4.78 is 0. The molecule has 0 spiro atoms. The Morgan fingerprint density at radius 3 is 2.08 bits per heavy atom. The number of hydrogen-bond donors (Lipinski definition) is 10. The molecule has 0 bridgehead atoms. The number of phenols is 2. The van der Waals surface area contributed by atoms with Crippen LogP contribution in [0.1, 0.15) is 24.8 Å². The van der Waals surface area contributed by atoms with Gasteiger partial charge in [0.15, 0.2) is 11.5 Å². The first-order chi connectivity index (χ1) is 18.2. The fraction of sp³-hybridized carbons (Fsp3) is 0.455. The number of carbonyl (C=O) groups excluding carboxylic acids is 3. The zero-order chi connectivity index (χ0) is 29.7. The summed E-state index contributed by atoms with van der Waals surface area (Å²) in [5.74, 6) is -7.79. The SMILES string of the molecule is NCCC(=O)NC(Cc1cc(O)c(O)c(SC[C@H](NC(=O)CC[C@H](N)C(=O)O)C(=O)NCC(=O)O)c1)C(=O)O. The van der Waals surface area contributed by atoms with Crippen LogP contribution in [0.2, 0.25) is 0 Å². The summed E-state index contributed by atoms with van der Waals surface area (Å²) in [6.07, 6.45) is -0.975. The van der Waals surface area contributed by atoms with E-state index in [0.717, 1.165) is 17.8 Å². The van der Waals surface area contributed by atoms with Crippen molar-refractivity contribution in [2.45, 2.75) is 48.7 Å². The maximum atomic E-state index is 12.5. The van der Waals surface area contributed by atoms with Gasteiger partial charge in [0.2, 0.25) is 17.7 Å². The minimum atomic E-state index is -1.38. The lowest BCUT2D eigenvalue weighted by Gasteiger charge is -2.19. The van der Waals surface area contributed by atoms with Crippen LogP contribution in [0.4, 0.5) is 0 Å². The standard InChI is InChI=1S/C22H31N5O11S/c23-4-3-17(30)26-12(22(37)38)5-10-6-14(28)19(33)15(7-10)39-9-13(20(34)25-8-18(31)32)27-16(29)2-1-11(24)21(35)36/h6-7,11-13,28,33H,1-5,8-9,23-24H2,(H,25,34)(H,26,30)(H,27,29)(H,31,32)(H,35,36)(H,37,38)/t11-,12?,13-/m0/s1. The molecule has 1 aromatic rings. The predicted molar refractivity (Wildman–Crippen MR) is 135 cm³/mol. The lowest BCUT2D eigenvalue weighted by atomic mass is 10.0. The van der Waals surface area contributed by atoms with E-state index in [4.69, 9.17) is 21.7 Å². The minimum Gasteiger partial charge on any atom is -0.504 e. The molecule has 0 fully saturated rings. The molecule has 1 rings (SSSR count). The fourth-order valence-corrected chi connectivity index (χ4v) is 4.09. The number of hydrogen-bond acceptors (Lipinski definition) is 11. The van der Waals surface area contributed by atoms with E-state index in [1.807, 2.05) is 0 Å². The monoisotopic (exact) mass is 573 g/mol. The first kappa shape index (κ1) is 32.9. The number of carboxylic acids is 3. The van der Waals surface area contributed by atoms with E-state index in [-0.39, 0.29) is 48.4 Å². The molecule has 0 aliphatic heterocycles. The molecular formula is C22H31N5O11S. The molecule has 0 saturated carbocycles. The highest BCUT2D eigenvalue weighted by molar-refractivity contribution is 7.99. The molecule has 216 valence electrons. The molecule has 17 heteroatoms. The van der Waals surface area contributed by atoms with Crippen LogP contribution >= 0.6 is 11.8 Å². The number of nitrogens with one attached hydrogen (secondary N) is 3. The molecule has 16 nitrogen and oxygen atoms in total. The Hall–Kier alpha value is -4.09. The van der Waals surface area contributed by atoms with Gasteiger partial charge in [0, 0.05) is 31.6 Å². The third kappa shape index (κ3) is 11.9. The van der Waals surface area contributed by atoms with Crippen molar-refractivity contribution in [2.75, 3.05) is 18.8 Å². The number of carbonyl (C=O) groups is 6. The average Bonchev–Trinajstić information content (AvgIpc) is 2.85. The number of carboxylic acid groups (broad SMARTS) is 3. The quantitative estimate of drug-likeness (QED) is 0.0682. The summed E-state index contributed by atoms with van der Waals surface area (Å²) in [7, 11) is 0. The van der Waals surface area contributed by atoms with Gasteiger partial charge < -0.3 is 53.0 Å². The van der Waals surface area contributed by atoms with E-state index in [1.54, 1.807) is 0 Å². The van der Waals surface area contributed by atoms with Crippen molar-refractivity contribution >= 4 is 47.4 Å². The van der Waals surface area contributed by atoms with Crippen LogP contribution in [0.3, 0.4) is 0 Å². The van der Waals surface area contributed by atoms with Crippen LogP contribution in [-0.2, 0) is 35.2 Å². The molecule has 12 N–H and O–H groups in total. The van der Waals surface area contributed by atoms with Crippen molar-refractivity contribution in [2.24, 2.45) is 11.5 Å². The molecule has 0 aliphatic rings. The van der Waals surface area contributed by atoms with E-state index in [1.165, 1.54) is 6.07 Å². The normalized spacial score (nSPS) is 13.0. The van der Waals surface area contributed by atoms with Crippen molar-refractivity contribution in [3.8, 4) is 11.5 Å². The first-order valence-electron chi connectivity index (χ1n) is 11.4. The molecule has 1 aromatic carbocycles. The van der Waals surface area contributed by atoms with Gasteiger partial charge in [-0.25, -0.2) is 4.79 Å². The van der Waals surface area contributed by atoms with Crippen molar-refractivity contribution in [1.29, 1.82) is 0 Å². The second-order valence-electron chi connectivity index (χ2n) is 8.19. The van der Waals surface area contributed by atoms with E-state index >= 15 is 0 Å². The zero-order valence-electron chi connectivity index (χ0n) is 20.6. The molecule has 0 aliphatic carbocycles. The summed E-state index contributed by atoms with van der Waals surface area (Å²) >= 11 is 0.772. The van der Waals surface area contributed by atoms with Crippen LogP contribution in [0.25, 0.3) is 0 Å². The number of thioether (sulfide) groups is 1. The lowest BCUT2D eigenvalue weighted by Crippen LogP contribution is -2.49. The Morgan fingerprint density at radius 2 is 1.51 bits per heavy atom. The van der Waals surface area contributed by atoms with E-state index in [2.05, 4.69) is 16.0 Å². The van der Waals surface area contributed by atoms with Gasteiger partial charge in [0.25, 0.3) is 0 Å². The van der Waals surface area contributed by atoms with Gasteiger partial charge >= 0.3 is 17.9 Å². The molecule has 0 radical (unpaired) electrons. The van der Waals surface area contributed by atoms with Gasteiger partial charge in [-0.15, -0.1) is 11.8 Å². The molecule has 0 saturated heterocycles. The Kier molecular flexibility index (Phi) is 13.5. The van der Waals surface area contributed by atoms with Crippen molar-refractivity contribution in [3.63, 3.8) is 0 Å². The number of rotatable bonds is 17. The van der Waals surface area contributed by atoms with Gasteiger partial charge in [-0.3, -0.25) is 24.0 Å². The summed E-state index contributed by atoms with van der Waals surface area (Å²) in [5.41, 5.74) is 10.9. The molecule has 3 atom stereocenters. The largest absolute Gasteiger partial charge is 0.504 e. The predicted octanol–water partition coefficient (Wildman–Crippen LogP) is -2.47. The van der Waals surface area contributed by atoms with E-state index in [0.29, 0.717) is 0 Å². The van der Waals surface area contributed by atoms with Gasteiger partial charge in [-0.05, 0) is 24.1 Å². The van der Waals surface area contributed by atoms with Crippen molar-refractivity contribution in [3.05, 3.63) is 17.7 Å². The van der Waals surface area contributed by atoms with Gasteiger partial charge in [-0.1, -0.05) is 0 Å². The highest BCUT2D eigenvalue weighted by atomic mass is 32.2. The summed E-state index contributed by atoms with van der Waals surface area (Å²) in [5, 5.41) is 54.2. The number of nitrogens with two attached hydrogens (primary N) is 2. The van der Waals surface area contributed by atoms with E-state index in [9.17, 15) is 44.1 Å². The molecule has 0 heterocycles. The maximum absolute atomic E-state index is 12.5. The number of amides is 3. The maximum Gasteiger partial charge on any atom is 0.326 e. The smallest absolute Gasteiger partial charge is 0.326 e. The molecule has 1 unspecified atom stereocenters. The molecule has 39 heavy (non-hydrogen) atoms. The minimum absolute atomic E-state index is 0.00304. The third-order valence-electron chi connectivity index (χ3n) is 5.03. The van der Waals surface area contributed by atoms with Crippen LogP contribution in [0, 0.1) is 0 Å². The number of benzene rings is 1. The average molecular weight is 574 g/mol. The number of aliphatic carboxylic acids is 3. The van der Waals surface area contributed by atoms with Crippen LogP contribution in [0.5, 0.6) is 11.5 Å². The molecular weight excluding hydrogens is 542 g/mol. The van der Waals surface area contributed by atoms with Crippen molar-refractivity contribution < 1.29 is 54.3 Å². The molecule has 3 amide bonds. The van der Waals surface area contributed by atoms with Crippen molar-refractivity contribution in [1.82, 2.24) is 16.0 Å². The van der Waals surface area contributed by atoms with Gasteiger partial charge in [0.1, 0.15) is 24.7 Å². The summed E-state index contributed by atoms with van der Waals surface area (Å²) in [6, 6.07) is -1.64.